The van der Waals surface area contributed by atoms with Gasteiger partial charge in [0.1, 0.15) is 11.5 Å². The second kappa shape index (κ2) is 12.8. The number of unbranched alkanes of at least 4 members (excludes halogenated alkanes) is 3. The van der Waals surface area contributed by atoms with Gasteiger partial charge in [0.2, 0.25) is 5.91 Å². The van der Waals surface area contributed by atoms with Gasteiger partial charge in [0, 0.05) is 25.8 Å². The van der Waals surface area contributed by atoms with Gasteiger partial charge in [0.15, 0.2) is 0 Å². The highest BCUT2D eigenvalue weighted by Gasteiger charge is 2.28. The van der Waals surface area contributed by atoms with Crippen LogP contribution in [0.4, 0.5) is 0 Å². The first-order valence-electron chi connectivity index (χ1n) is 11.7. The Balaban J connectivity index is 1.46. The number of aliphatic hydroxyl groups excluding tert-OH is 1. The van der Waals surface area contributed by atoms with Gasteiger partial charge in [-0.05, 0) is 49.1 Å². The summed E-state index contributed by atoms with van der Waals surface area (Å²) < 4.78 is 5.87. The molecular formula is C27H33NO5. The number of carboxylic acids is 1. The van der Waals surface area contributed by atoms with Crippen molar-refractivity contribution in [1.82, 2.24) is 4.90 Å². The molecule has 1 unspecified atom stereocenters. The first kappa shape index (κ1) is 24.5. The molecule has 1 saturated heterocycles. The molecule has 0 saturated carbocycles. The maximum atomic E-state index is 12.3. The van der Waals surface area contributed by atoms with Crippen LogP contribution in [0.3, 0.4) is 0 Å². The summed E-state index contributed by atoms with van der Waals surface area (Å²) >= 11 is 0. The van der Waals surface area contributed by atoms with Gasteiger partial charge in [0.25, 0.3) is 0 Å². The van der Waals surface area contributed by atoms with E-state index in [1.165, 1.54) is 0 Å². The van der Waals surface area contributed by atoms with Crippen molar-refractivity contribution in [2.75, 3.05) is 6.54 Å². The number of hydrogen-bond acceptors (Lipinski definition) is 4. The monoisotopic (exact) mass is 451 g/mol. The summed E-state index contributed by atoms with van der Waals surface area (Å²) in [4.78, 5) is 24.7. The topological polar surface area (TPSA) is 87.1 Å². The van der Waals surface area contributed by atoms with Crippen LogP contribution in [0.2, 0.25) is 0 Å². The van der Waals surface area contributed by atoms with Gasteiger partial charge in [-0.15, -0.1) is 0 Å². The summed E-state index contributed by atoms with van der Waals surface area (Å²) in [5, 5.41) is 19.2. The number of para-hydroxylation sites is 1. The van der Waals surface area contributed by atoms with Crippen molar-refractivity contribution in [3.05, 3.63) is 72.3 Å². The fraction of sp³-hybridized carbons (Fsp3) is 0.407. The third kappa shape index (κ3) is 8.39. The lowest BCUT2D eigenvalue weighted by Crippen LogP contribution is -2.32. The molecule has 33 heavy (non-hydrogen) atoms. The lowest BCUT2D eigenvalue weighted by atomic mass is 10.1. The minimum atomic E-state index is -0.760. The molecule has 1 fully saturated rings. The number of carbonyl (C=O) groups is 2. The Bertz CT molecular complexity index is 927. The van der Waals surface area contributed by atoms with Crippen molar-refractivity contribution in [1.29, 1.82) is 0 Å². The van der Waals surface area contributed by atoms with Crippen LogP contribution in [-0.4, -0.2) is 45.7 Å². The Morgan fingerprint density at radius 1 is 1.06 bits per heavy atom. The molecule has 3 rings (SSSR count). The lowest BCUT2D eigenvalue weighted by Gasteiger charge is -2.22. The van der Waals surface area contributed by atoms with Crippen LogP contribution in [-0.2, 0) is 16.0 Å². The number of carboxylic acid groups (broad SMARTS) is 1. The van der Waals surface area contributed by atoms with Crippen LogP contribution in [0.15, 0.2) is 66.7 Å². The van der Waals surface area contributed by atoms with Gasteiger partial charge < -0.3 is 19.8 Å². The molecule has 6 heteroatoms. The van der Waals surface area contributed by atoms with Gasteiger partial charge in [-0.3, -0.25) is 9.59 Å². The van der Waals surface area contributed by atoms with E-state index >= 15 is 0 Å². The molecule has 2 aromatic carbocycles. The van der Waals surface area contributed by atoms with Crippen molar-refractivity contribution in [2.45, 2.75) is 63.5 Å². The molecule has 0 radical (unpaired) electrons. The number of rotatable bonds is 13. The molecule has 1 aliphatic rings. The second-order valence-electron chi connectivity index (χ2n) is 8.47. The number of aliphatic carboxylic acids is 1. The maximum absolute atomic E-state index is 12.3. The maximum Gasteiger partial charge on any atom is 0.303 e. The lowest BCUT2D eigenvalue weighted by molar-refractivity contribution is -0.137. The minimum absolute atomic E-state index is 0.0129. The smallest absolute Gasteiger partial charge is 0.303 e. The van der Waals surface area contributed by atoms with Gasteiger partial charge in [-0.25, -0.2) is 0 Å². The zero-order valence-corrected chi connectivity index (χ0v) is 18.9. The highest BCUT2D eigenvalue weighted by molar-refractivity contribution is 5.79. The van der Waals surface area contributed by atoms with E-state index < -0.39 is 12.1 Å². The zero-order chi connectivity index (χ0) is 23.5. The molecule has 2 atom stereocenters. The fourth-order valence-electron chi connectivity index (χ4n) is 4.08. The van der Waals surface area contributed by atoms with Crippen molar-refractivity contribution in [3.63, 3.8) is 0 Å². The number of likely N-dealkylation sites (tertiary alicyclic amines) is 1. The second-order valence-corrected chi connectivity index (χ2v) is 8.47. The van der Waals surface area contributed by atoms with Crippen molar-refractivity contribution >= 4 is 11.9 Å². The third-order valence-corrected chi connectivity index (χ3v) is 5.79. The molecule has 0 bridgehead atoms. The van der Waals surface area contributed by atoms with Crippen LogP contribution in [0, 0.1) is 0 Å². The summed E-state index contributed by atoms with van der Waals surface area (Å²) in [6.45, 7) is 0.676. The third-order valence-electron chi connectivity index (χ3n) is 5.79. The summed E-state index contributed by atoms with van der Waals surface area (Å²) in [5.74, 6) is 0.883. The number of benzene rings is 2. The van der Waals surface area contributed by atoms with Crippen LogP contribution in [0.1, 0.15) is 50.5 Å². The van der Waals surface area contributed by atoms with Gasteiger partial charge in [0.05, 0.1) is 12.1 Å². The number of carbonyl (C=O) groups excluding carboxylic acids is 1. The molecular weight excluding hydrogens is 418 g/mol. The molecule has 1 heterocycles. The predicted octanol–water partition coefficient (Wildman–Crippen LogP) is 4.96. The van der Waals surface area contributed by atoms with Gasteiger partial charge in [-0.1, -0.05) is 55.3 Å². The zero-order valence-electron chi connectivity index (χ0n) is 18.9. The van der Waals surface area contributed by atoms with E-state index in [1.54, 1.807) is 6.08 Å². The Kier molecular flexibility index (Phi) is 9.51. The Labute approximate surface area is 195 Å². The number of aliphatic hydroxyl groups is 1. The Hall–Kier alpha value is -3.12. The molecule has 0 aromatic heterocycles. The Morgan fingerprint density at radius 2 is 1.82 bits per heavy atom. The van der Waals surface area contributed by atoms with E-state index in [0.717, 1.165) is 42.7 Å². The average molecular weight is 452 g/mol. The van der Waals surface area contributed by atoms with Crippen LogP contribution >= 0.6 is 0 Å². The normalized spacial score (nSPS) is 16.9. The van der Waals surface area contributed by atoms with Crippen LogP contribution in [0.5, 0.6) is 11.5 Å². The van der Waals surface area contributed by atoms with E-state index in [9.17, 15) is 14.7 Å². The van der Waals surface area contributed by atoms with E-state index in [-0.39, 0.29) is 18.4 Å². The van der Waals surface area contributed by atoms with Crippen molar-refractivity contribution in [2.24, 2.45) is 0 Å². The summed E-state index contributed by atoms with van der Waals surface area (Å²) in [5.41, 5.74) is 0.973. The largest absolute Gasteiger partial charge is 0.481 e. The highest BCUT2D eigenvalue weighted by atomic mass is 16.5. The van der Waals surface area contributed by atoms with Crippen LogP contribution < -0.4 is 4.74 Å². The van der Waals surface area contributed by atoms with Crippen LogP contribution in [0.25, 0.3) is 0 Å². The van der Waals surface area contributed by atoms with Gasteiger partial charge >= 0.3 is 5.97 Å². The summed E-state index contributed by atoms with van der Waals surface area (Å²) in [7, 11) is 0. The SMILES string of the molecule is O=C(O)CCCCCCN1C(=O)CC[C@@H]1/C=C/C(O)Cc1cccc(Oc2ccccc2)c1. The minimum Gasteiger partial charge on any atom is -0.481 e. The molecule has 1 amide bonds. The van der Waals surface area contributed by atoms with Crippen molar-refractivity contribution in [3.8, 4) is 11.5 Å². The first-order chi connectivity index (χ1) is 16.0. The molecule has 6 nitrogen and oxygen atoms in total. The van der Waals surface area contributed by atoms with Gasteiger partial charge in [-0.2, -0.15) is 0 Å². The molecule has 1 aliphatic heterocycles. The van der Waals surface area contributed by atoms with E-state index in [0.29, 0.717) is 25.8 Å². The highest BCUT2D eigenvalue weighted by Crippen LogP contribution is 2.23. The quantitative estimate of drug-likeness (QED) is 0.332. The molecule has 0 spiro atoms. The molecule has 176 valence electrons. The molecule has 0 aliphatic carbocycles. The number of ether oxygens (including phenoxy) is 1. The molecule has 2 N–H and O–H groups in total. The number of hydrogen-bond donors (Lipinski definition) is 2. The number of nitrogens with zero attached hydrogens (tertiary/aromatic N) is 1. The van der Waals surface area contributed by atoms with Crippen molar-refractivity contribution < 1.29 is 24.5 Å². The van der Waals surface area contributed by atoms with E-state index in [4.69, 9.17) is 9.84 Å². The predicted molar refractivity (Wildman–Crippen MR) is 127 cm³/mol. The average Bonchev–Trinajstić information content (AvgIpc) is 3.15. The number of amides is 1. The Morgan fingerprint density at radius 3 is 2.61 bits per heavy atom. The first-order valence-corrected chi connectivity index (χ1v) is 11.7. The van der Waals surface area contributed by atoms with E-state index in [1.807, 2.05) is 65.6 Å². The van der Waals surface area contributed by atoms with E-state index in [2.05, 4.69) is 0 Å². The summed E-state index contributed by atoms with van der Waals surface area (Å²) in [6, 6.07) is 17.3. The summed E-state index contributed by atoms with van der Waals surface area (Å²) in [6.07, 6.45) is 8.37. The standard InChI is InChI=1S/C27H33NO5/c29-23(19-21-9-8-12-25(20-21)33-24-10-4-3-5-11-24)16-14-22-15-17-26(30)28(22)18-7-2-1-6-13-27(31)32/h3-5,8-12,14,16,20,22-23,29H,1-2,6-7,13,15,17-19H2,(H,31,32)/b16-14+/t22-,23?/m0/s1. The molecule has 2 aromatic rings. The fourth-order valence-corrected chi connectivity index (χ4v) is 4.08.